The number of aromatic nitrogens is 1. The maximum atomic E-state index is 12.7. The Morgan fingerprint density at radius 1 is 1.30 bits per heavy atom. The third-order valence-electron chi connectivity index (χ3n) is 4.94. The van der Waals surface area contributed by atoms with Crippen LogP contribution >= 0.6 is 22.9 Å². The molecule has 2 amide bonds. The highest BCUT2D eigenvalue weighted by molar-refractivity contribution is 7.22. The van der Waals surface area contributed by atoms with Crippen molar-refractivity contribution < 1.29 is 9.59 Å². The fourth-order valence-electron chi connectivity index (χ4n) is 3.30. The Kier molecular flexibility index (Phi) is 4.61. The zero-order chi connectivity index (χ0) is 19.1. The van der Waals surface area contributed by atoms with Gasteiger partial charge >= 0.3 is 0 Å². The van der Waals surface area contributed by atoms with E-state index in [9.17, 15) is 9.59 Å². The zero-order valence-electron chi connectivity index (χ0n) is 15.0. The highest BCUT2D eigenvalue weighted by Gasteiger charge is 2.36. The minimum atomic E-state index is -0.395. The fraction of sp³-hybridized carbons (Fsp3) is 0.250. The van der Waals surface area contributed by atoms with Gasteiger partial charge in [-0.1, -0.05) is 35.1 Å². The number of hydrogen-bond acceptors (Lipinski definition) is 4. The predicted octanol–water partition coefficient (Wildman–Crippen LogP) is 4.56. The van der Waals surface area contributed by atoms with Crippen molar-refractivity contribution in [3.8, 4) is 0 Å². The molecule has 1 aliphatic rings. The van der Waals surface area contributed by atoms with Gasteiger partial charge in [0.25, 0.3) is 0 Å². The summed E-state index contributed by atoms with van der Waals surface area (Å²) in [7, 11) is 0. The number of nitrogens with zero attached hydrogens (tertiary/aromatic N) is 2. The van der Waals surface area contributed by atoms with Crippen molar-refractivity contribution in [1.29, 1.82) is 0 Å². The number of halogens is 1. The van der Waals surface area contributed by atoms with Crippen LogP contribution in [0.3, 0.4) is 0 Å². The molecule has 27 heavy (non-hydrogen) atoms. The van der Waals surface area contributed by atoms with Gasteiger partial charge in [0.15, 0.2) is 5.13 Å². The molecule has 4 rings (SSSR count). The Morgan fingerprint density at radius 2 is 2.11 bits per heavy atom. The Morgan fingerprint density at radius 3 is 2.93 bits per heavy atom. The second-order valence-electron chi connectivity index (χ2n) is 6.74. The lowest BCUT2D eigenvalue weighted by molar-refractivity contribution is -0.122. The molecule has 1 fully saturated rings. The molecule has 0 spiro atoms. The zero-order valence-corrected chi connectivity index (χ0v) is 16.5. The molecule has 0 saturated carbocycles. The minimum Gasteiger partial charge on any atom is -0.311 e. The van der Waals surface area contributed by atoms with Crippen molar-refractivity contribution in [3.63, 3.8) is 0 Å². The maximum absolute atomic E-state index is 12.7. The van der Waals surface area contributed by atoms with E-state index < -0.39 is 5.92 Å². The lowest BCUT2D eigenvalue weighted by atomic mass is 10.1. The van der Waals surface area contributed by atoms with Crippen molar-refractivity contribution in [2.45, 2.75) is 20.3 Å². The first-order chi connectivity index (χ1) is 12.9. The van der Waals surface area contributed by atoms with Crippen LogP contribution in [0.2, 0.25) is 5.02 Å². The summed E-state index contributed by atoms with van der Waals surface area (Å²) in [6.45, 7) is 4.40. The first kappa shape index (κ1) is 17.9. The fourth-order valence-corrected chi connectivity index (χ4v) is 4.45. The van der Waals surface area contributed by atoms with E-state index in [4.69, 9.17) is 11.6 Å². The number of aryl methyl sites for hydroxylation is 1. The molecule has 0 radical (unpaired) electrons. The van der Waals surface area contributed by atoms with Crippen LogP contribution in [0.4, 0.5) is 10.8 Å². The van der Waals surface area contributed by atoms with E-state index in [1.165, 1.54) is 11.3 Å². The lowest BCUT2D eigenvalue weighted by Gasteiger charge is -2.20. The largest absolute Gasteiger partial charge is 0.311 e. The summed E-state index contributed by atoms with van der Waals surface area (Å²) in [6, 6.07) is 11.3. The van der Waals surface area contributed by atoms with Crippen LogP contribution in [0.15, 0.2) is 36.4 Å². The normalized spacial score (nSPS) is 16.9. The number of rotatable bonds is 3. The summed E-state index contributed by atoms with van der Waals surface area (Å²) in [6.07, 6.45) is 0.204. The van der Waals surface area contributed by atoms with Crippen molar-refractivity contribution in [3.05, 3.63) is 52.5 Å². The summed E-state index contributed by atoms with van der Waals surface area (Å²) in [5, 5.41) is 4.01. The molecular formula is C20H18ClN3O2S. The molecular weight excluding hydrogens is 382 g/mol. The standard InChI is InChI=1S/C20H18ClN3O2S/c1-11-4-3-5-16(12(11)2)24-10-13(8-18(24)25)19(26)23-20-22-15-7-6-14(21)9-17(15)27-20/h3-7,9,13H,8,10H2,1-2H3,(H,22,23,26)/t13-/m0/s1. The molecule has 7 heteroatoms. The molecule has 0 unspecified atom stereocenters. The van der Waals surface area contributed by atoms with E-state index in [2.05, 4.69) is 10.3 Å². The Hall–Kier alpha value is -2.44. The second kappa shape index (κ2) is 6.94. The number of hydrogen-bond donors (Lipinski definition) is 1. The Labute approximate surface area is 166 Å². The summed E-state index contributed by atoms with van der Waals surface area (Å²) in [5.41, 5.74) is 3.86. The van der Waals surface area contributed by atoms with Crippen LogP contribution in [0.1, 0.15) is 17.5 Å². The van der Waals surface area contributed by atoms with Gasteiger partial charge in [-0.25, -0.2) is 4.98 Å². The highest BCUT2D eigenvalue weighted by atomic mass is 35.5. The van der Waals surface area contributed by atoms with E-state index in [0.717, 1.165) is 27.0 Å². The van der Waals surface area contributed by atoms with Gasteiger partial charge in [-0.3, -0.25) is 9.59 Å². The number of anilines is 2. The van der Waals surface area contributed by atoms with Crippen molar-refractivity contribution in [2.75, 3.05) is 16.8 Å². The molecule has 3 aromatic rings. The summed E-state index contributed by atoms with van der Waals surface area (Å²) < 4.78 is 0.914. The number of thiazole rings is 1. The topological polar surface area (TPSA) is 62.3 Å². The molecule has 2 heterocycles. The van der Waals surface area contributed by atoms with Crippen LogP contribution in [0.5, 0.6) is 0 Å². The van der Waals surface area contributed by atoms with Crippen molar-refractivity contribution in [1.82, 2.24) is 4.98 Å². The van der Waals surface area contributed by atoms with E-state index in [1.807, 2.05) is 44.2 Å². The lowest BCUT2D eigenvalue weighted by Crippen LogP contribution is -2.28. The molecule has 0 bridgehead atoms. The maximum Gasteiger partial charge on any atom is 0.231 e. The van der Waals surface area contributed by atoms with E-state index in [1.54, 1.807) is 11.0 Å². The number of benzene rings is 2. The summed E-state index contributed by atoms with van der Waals surface area (Å²) >= 11 is 7.37. The average molecular weight is 400 g/mol. The quantitative estimate of drug-likeness (QED) is 0.702. The molecule has 1 atom stereocenters. The first-order valence-corrected chi connectivity index (χ1v) is 9.85. The van der Waals surface area contributed by atoms with Crippen LogP contribution < -0.4 is 10.2 Å². The number of amides is 2. The smallest absolute Gasteiger partial charge is 0.231 e. The van der Waals surface area contributed by atoms with E-state index in [0.29, 0.717) is 16.7 Å². The van der Waals surface area contributed by atoms with Gasteiger partial charge in [-0.05, 0) is 49.2 Å². The van der Waals surface area contributed by atoms with Gasteiger partial charge in [0, 0.05) is 23.7 Å². The molecule has 1 aromatic heterocycles. The number of carbonyl (C=O) groups excluding carboxylic acids is 2. The van der Waals surface area contributed by atoms with E-state index in [-0.39, 0.29) is 18.2 Å². The second-order valence-corrected chi connectivity index (χ2v) is 8.21. The third kappa shape index (κ3) is 3.42. The average Bonchev–Trinajstić information content (AvgIpc) is 3.20. The Bertz CT molecular complexity index is 1060. The third-order valence-corrected chi connectivity index (χ3v) is 6.11. The van der Waals surface area contributed by atoms with Gasteiger partial charge in [0.1, 0.15) is 0 Å². The molecule has 2 aromatic carbocycles. The van der Waals surface area contributed by atoms with E-state index >= 15 is 0 Å². The van der Waals surface area contributed by atoms with Gasteiger partial charge in [-0.15, -0.1) is 0 Å². The number of nitrogens with one attached hydrogen (secondary N) is 1. The van der Waals surface area contributed by atoms with Crippen molar-refractivity contribution >= 4 is 55.8 Å². The monoisotopic (exact) mass is 399 g/mol. The molecule has 138 valence electrons. The minimum absolute atomic E-state index is 0.0278. The molecule has 1 saturated heterocycles. The van der Waals surface area contributed by atoms with Gasteiger partial charge < -0.3 is 10.2 Å². The van der Waals surface area contributed by atoms with Crippen LogP contribution in [0, 0.1) is 19.8 Å². The van der Waals surface area contributed by atoms with Gasteiger partial charge in [0.05, 0.1) is 16.1 Å². The summed E-state index contributed by atoms with van der Waals surface area (Å²) in [5.74, 6) is -0.603. The predicted molar refractivity (Wildman–Crippen MR) is 110 cm³/mol. The van der Waals surface area contributed by atoms with Crippen LogP contribution in [-0.4, -0.2) is 23.3 Å². The first-order valence-electron chi connectivity index (χ1n) is 8.66. The van der Waals surface area contributed by atoms with Gasteiger partial charge in [-0.2, -0.15) is 0 Å². The Balaban J connectivity index is 1.51. The number of carbonyl (C=O) groups is 2. The molecule has 5 nitrogen and oxygen atoms in total. The van der Waals surface area contributed by atoms with Gasteiger partial charge in [0.2, 0.25) is 11.8 Å². The number of fused-ring (bicyclic) bond motifs is 1. The van der Waals surface area contributed by atoms with Crippen LogP contribution in [-0.2, 0) is 9.59 Å². The van der Waals surface area contributed by atoms with Crippen molar-refractivity contribution in [2.24, 2.45) is 5.92 Å². The highest BCUT2D eigenvalue weighted by Crippen LogP contribution is 2.32. The molecule has 1 N–H and O–H groups in total. The van der Waals surface area contributed by atoms with Crippen LogP contribution in [0.25, 0.3) is 10.2 Å². The summed E-state index contributed by atoms with van der Waals surface area (Å²) in [4.78, 5) is 31.3. The molecule has 0 aliphatic carbocycles. The molecule has 1 aliphatic heterocycles. The SMILES string of the molecule is Cc1cccc(N2C[C@@H](C(=O)Nc3nc4ccc(Cl)cc4s3)CC2=O)c1C.